The molecule has 2 rings (SSSR count). The third-order valence-electron chi connectivity index (χ3n) is 3.10. The van der Waals surface area contributed by atoms with Gasteiger partial charge in [0, 0.05) is 32.3 Å². The molecule has 19 heavy (non-hydrogen) atoms. The lowest BCUT2D eigenvalue weighted by Gasteiger charge is -2.26. The Bertz CT molecular complexity index is 480. The Morgan fingerprint density at radius 1 is 1.42 bits per heavy atom. The van der Waals surface area contributed by atoms with Crippen LogP contribution in [0.2, 0.25) is 0 Å². The summed E-state index contributed by atoms with van der Waals surface area (Å²) in [7, 11) is 1.58. The molecule has 0 saturated carbocycles. The second-order valence-corrected chi connectivity index (χ2v) is 4.41. The van der Waals surface area contributed by atoms with Gasteiger partial charge in [-0.25, -0.2) is 0 Å². The molecule has 0 atom stereocenters. The number of carbonyl (C=O) groups excluding carboxylic acids is 1. The van der Waals surface area contributed by atoms with Crippen LogP contribution in [0.5, 0.6) is 5.75 Å². The van der Waals surface area contributed by atoms with E-state index in [1.165, 1.54) is 0 Å². The van der Waals surface area contributed by atoms with Gasteiger partial charge in [0.05, 0.1) is 12.8 Å². The van der Waals surface area contributed by atoms with Gasteiger partial charge in [-0.2, -0.15) is 0 Å². The molecule has 5 heteroatoms. The molecule has 1 fully saturated rings. The van der Waals surface area contributed by atoms with Gasteiger partial charge in [0.2, 0.25) is 5.91 Å². The van der Waals surface area contributed by atoms with Gasteiger partial charge in [0.1, 0.15) is 5.75 Å². The number of anilines is 1. The summed E-state index contributed by atoms with van der Waals surface area (Å²) in [5, 5.41) is 3.22. The largest absolute Gasteiger partial charge is 0.495 e. The number of rotatable bonds is 3. The monoisotopic (exact) mass is 261 g/mol. The molecule has 1 aromatic rings. The van der Waals surface area contributed by atoms with Gasteiger partial charge < -0.3 is 20.7 Å². The highest BCUT2D eigenvalue weighted by Gasteiger charge is 2.13. The number of nitrogens with zero attached hydrogens (tertiary/aromatic N) is 1. The molecule has 0 bridgehead atoms. The van der Waals surface area contributed by atoms with Crippen molar-refractivity contribution in [1.29, 1.82) is 0 Å². The molecular formula is C14H19N3O2. The van der Waals surface area contributed by atoms with E-state index in [1.54, 1.807) is 31.4 Å². The molecule has 0 spiro atoms. The van der Waals surface area contributed by atoms with Crippen molar-refractivity contribution < 1.29 is 9.53 Å². The first kappa shape index (κ1) is 13.4. The van der Waals surface area contributed by atoms with Crippen LogP contribution in [0, 0.1) is 0 Å². The number of piperazine rings is 1. The fraction of sp³-hybridized carbons (Fsp3) is 0.357. The molecule has 0 unspecified atom stereocenters. The normalized spacial score (nSPS) is 15.7. The zero-order chi connectivity index (χ0) is 13.7. The smallest absolute Gasteiger partial charge is 0.246 e. The molecule has 1 amide bonds. The standard InChI is InChI=1S/C14H19N3O2/c1-19-13-4-2-11(10-12(13)15)3-5-14(18)17-8-6-16-7-9-17/h2-5,10,16H,6-9,15H2,1H3/b5-3-. The summed E-state index contributed by atoms with van der Waals surface area (Å²) in [5.41, 5.74) is 7.28. The Morgan fingerprint density at radius 3 is 2.79 bits per heavy atom. The van der Waals surface area contributed by atoms with Crippen molar-refractivity contribution in [1.82, 2.24) is 10.2 Å². The third-order valence-corrected chi connectivity index (χ3v) is 3.10. The van der Waals surface area contributed by atoms with Gasteiger partial charge in [-0.05, 0) is 23.8 Å². The fourth-order valence-electron chi connectivity index (χ4n) is 2.01. The lowest BCUT2D eigenvalue weighted by molar-refractivity contribution is -0.126. The van der Waals surface area contributed by atoms with Crippen molar-refractivity contribution in [2.24, 2.45) is 0 Å². The van der Waals surface area contributed by atoms with Crippen LogP contribution in [0.3, 0.4) is 0 Å². The number of amides is 1. The second-order valence-electron chi connectivity index (χ2n) is 4.41. The molecular weight excluding hydrogens is 242 g/mol. The predicted molar refractivity (Wildman–Crippen MR) is 75.9 cm³/mol. The van der Waals surface area contributed by atoms with Crippen molar-refractivity contribution in [3.63, 3.8) is 0 Å². The molecule has 3 N–H and O–H groups in total. The molecule has 102 valence electrons. The maximum atomic E-state index is 11.9. The van der Waals surface area contributed by atoms with Gasteiger partial charge in [-0.3, -0.25) is 4.79 Å². The van der Waals surface area contributed by atoms with Crippen LogP contribution < -0.4 is 15.8 Å². The zero-order valence-electron chi connectivity index (χ0n) is 11.1. The number of methoxy groups -OCH3 is 1. The van der Waals surface area contributed by atoms with E-state index in [-0.39, 0.29) is 5.91 Å². The highest BCUT2D eigenvalue weighted by molar-refractivity contribution is 5.92. The summed E-state index contributed by atoms with van der Waals surface area (Å²) in [4.78, 5) is 13.8. The van der Waals surface area contributed by atoms with Gasteiger partial charge in [-0.1, -0.05) is 6.07 Å². The number of benzene rings is 1. The fourth-order valence-corrected chi connectivity index (χ4v) is 2.01. The number of nitrogens with one attached hydrogen (secondary N) is 1. The number of ether oxygens (including phenoxy) is 1. The Hall–Kier alpha value is -2.01. The first-order valence-electron chi connectivity index (χ1n) is 6.32. The molecule has 1 aliphatic rings. The Morgan fingerprint density at radius 2 is 2.16 bits per heavy atom. The van der Waals surface area contributed by atoms with E-state index in [9.17, 15) is 4.79 Å². The summed E-state index contributed by atoms with van der Waals surface area (Å²) >= 11 is 0. The summed E-state index contributed by atoms with van der Waals surface area (Å²) < 4.78 is 5.09. The van der Waals surface area contributed by atoms with E-state index >= 15 is 0 Å². The molecule has 0 aromatic heterocycles. The van der Waals surface area contributed by atoms with E-state index in [0.717, 1.165) is 31.7 Å². The summed E-state index contributed by atoms with van der Waals surface area (Å²) in [6, 6.07) is 5.46. The van der Waals surface area contributed by atoms with Crippen molar-refractivity contribution in [3.8, 4) is 5.75 Å². The molecule has 1 saturated heterocycles. The minimum Gasteiger partial charge on any atom is -0.495 e. The SMILES string of the molecule is COc1ccc(/C=C\C(=O)N2CCNCC2)cc1N. The highest BCUT2D eigenvalue weighted by atomic mass is 16.5. The molecule has 0 aliphatic carbocycles. The second kappa shape index (κ2) is 6.24. The number of hydrogen-bond donors (Lipinski definition) is 2. The summed E-state index contributed by atoms with van der Waals surface area (Å²) in [6.45, 7) is 3.23. The lowest BCUT2D eigenvalue weighted by atomic mass is 10.1. The number of hydrogen-bond acceptors (Lipinski definition) is 4. The molecule has 1 heterocycles. The van der Waals surface area contributed by atoms with E-state index in [1.807, 2.05) is 11.0 Å². The molecule has 0 radical (unpaired) electrons. The average Bonchev–Trinajstić information content (AvgIpc) is 2.46. The summed E-state index contributed by atoms with van der Waals surface area (Å²) in [6.07, 6.45) is 3.37. The van der Waals surface area contributed by atoms with Gasteiger partial charge in [-0.15, -0.1) is 0 Å². The predicted octanol–water partition coefficient (Wildman–Crippen LogP) is 0.722. The Kier molecular flexibility index (Phi) is 4.41. The van der Waals surface area contributed by atoms with Crippen molar-refractivity contribution in [2.45, 2.75) is 0 Å². The van der Waals surface area contributed by atoms with Crippen LogP contribution in [-0.2, 0) is 4.79 Å². The van der Waals surface area contributed by atoms with Crippen LogP contribution >= 0.6 is 0 Å². The van der Waals surface area contributed by atoms with Crippen molar-refractivity contribution in [3.05, 3.63) is 29.8 Å². The van der Waals surface area contributed by atoms with Gasteiger partial charge in [0.25, 0.3) is 0 Å². The zero-order valence-corrected chi connectivity index (χ0v) is 11.1. The maximum Gasteiger partial charge on any atom is 0.246 e. The van der Waals surface area contributed by atoms with Crippen LogP contribution in [-0.4, -0.2) is 44.1 Å². The quantitative estimate of drug-likeness (QED) is 0.621. The maximum absolute atomic E-state index is 11.9. The third kappa shape index (κ3) is 3.48. The molecule has 1 aliphatic heterocycles. The summed E-state index contributed by atoms with van der Waals surface area (Å²) in [5.74, 6) is 0.682. The number of nitrogens with two attached hydrogens (primary N) is 1. The first-order valence-corrected chi connectivity index (χ1v) is 6.32. The van der Waals surface area contributed by atoms with Gasteiger partial charge in [0.15, 0.2) is 0 Å². The van der Waals surface area contributed by atoms with Crippen molar-refractivity contribution >= 4 is 17.7 Å². The Balaban J connectivity index is 2.01. The van der Waals surface area contributed by atoms with E-state index in [4.69, 9.17) is 10.5 Å². The number of nitrogen functional groups attached to an aromatic ring is 1. The van der Waals surface area contributed by atoms with Crippen LogP contribution in [0.1, 0.15) is 5.56 Å². The minimum absolute atomic E-state index is 0.0379. The minimum atomic E-state index is 0.0379. The number of carbonyl (C=O) groups is 1. The van der Waals surface area contributed by atoms with E-state index in [2.05, 4.69) is 5.32 Å². The topological polar surface area (TPSA) is 67.6 Å². The average molecular weight is 261 g/mol. The van der Waals surface area contributed by atoms with Crippen LogP contribution in [0.4, 0.5) is 5.69 Å². The van der Waals surface area contributed by atoms with Crippen LogP contribution in [0.15, 0.2) is 24.3 Å². The van der Waals surface area contributed by atoms with Crippen LogP contribution in [0.25, 0.3) is 6.08 Å². The Labute approximate surface area is 113 Å². The van der Waals surface area contributed by atoms with Crippen molar-refractivity contribution in [2.75, 3.05) is 39.0 Å². The van der Waals surface area contributed by atoms with Gasteiger partial charge >= 0.3 is 0 Å². The first-order chi connectivity index (χ1) is 9.20. The van der Waals surface area contributed by atoms with E-state index < -0.39 is 0 Å². The lowest BCUT2D eigenvalue weighted by Crippen LogP contribution is -2.45. The molecule has 1 aromatic carbocycles. The highest BCUT2D eigenvalue weighted by Crippen LogP contribution is 2.22. The van der Waals surface area contributed by atoms with E-state index in [0.29, 0.717) is 11.4 Å². The molecule has 5 nitrogen and oxygen atoms in total.